The molecule has 3 N–H and O–H groups in total. The predicted molar refractivity (Wildman–Crippen MR) is 120 cm³/mol. The maximum Gasteiger partial charge on any atom is 0.126 e. The molecule has 2 aromatic carbocycles. The zero-order valence-corrected chi connectivity index (χ0v) is 18.4. The topological polar surface area (TPSA) is 58.4 Å². The molecule has 4 nitrogen and oxygen atoms in total. The van der Waals surface area contributed by atoms with E-state index >= 15 is 0 Å². The third kappa shape index (κ3) is 6.14. The summed E-state index contributed by atoms with van der Waals surface area (Å²) in [6.07, 6.45) is 3.74. The average molecular weight is 434 g/mol. The number of carbonyl (C=O) groups is 1. The minimum Gasteiger partial charge on any atom is -0.330 e. The Morgan fingerprint density at radius 2 is 1.90 bits per heavy atom. The quantitative estimate of drug-likeness (QED) is 0.420. The molecule has 0 heterocycles. The highest BCUT2D eigenvalue weighted by molar-refractivity contribution is 7.80. The standard InChI is InChI=1S/C21H25F2N3S.C2H4O/c1-13-3-4-14-5-6-15(7-8-24)20(19(14)9-13)26(2)25-21(27)16-10-17(22)12-18(23)11-16;1-2-3/h3-4,9-12,15,20H,5-8,24H2,1-2H3,(H,25,27);2H,1H3. The summed E-state index contributed by atoms with van der Waals surface area (Å²) in [5.41, 5.74) is 13.1. The number of hydrogen-bond acceptors (Lipinski definition) is 4. The van der Waals surface area contributed by atoms with Crippen molar-refractivity contribution in [1.82, 2.24) is 10.4 Å². The van der Waals surface area contributed by atoms with E-state index in [2.05, 4.69) is 30.5 Å². The van der Waals surface area contributed by atoms with Crippen LogP contribution in [0.25, 0.3) is 0 Å². The highest BCUT2D eigenvalue weighted by Gasteiger charge is 2.32. The van der Waals surface area contributed by atoms with Gasteiger partial charge in [0.15, 0.2) is 0 Å². The highest BCUT2D eigenvalue weighted by atomic mass is 32.1. The summed E-state index contributed by atoms with van der Waals surface area (Å²) in [6, 6.07) is 9.94. The van der Waals surface area contributed by atoms with Crippen molar-refractivity contribution in [3.8, 4) is 0 Å². The van der Waals surface area contributed by atoms with Crippen molar-refractivity contribution in [3.63, 3.8) is 0 Å². The van der Waals surface area contributed by atoms with Crippen LogP contribution in [0.4, 0.5) is 8.78 Å². The normalized spacial score (nSPS) is 17.6. The van der Waals surface area contributed by atoms with Crippen molar-refractivity contribution in [2.75, 3.05) is 13.6 Å². The summed E-state index contributed by atoms with van der Waals surface area (Å²) in [5.74, 6) is -0.901. The van der Waals surface area contributed by atoms with Crippen molar-refractivity contribution in [1.29, 1.82) is 0 Å². The molecule has 1 aliphatic rings. The second kappa shape index (κ2) is 11.2. The number of aldehydes is 1. The summed E-state index contributed by atoms with van der Waals surface area (Å²) < 4.78 is 27.1. The Morgan fingerprint density at radius 1 is 1.27 bits per heavy atom. The lowest BCUT2D eigenvalue weighted by Gasteiger charge is -2.40. The first-order valence-electron chi connectivity index (χ1n) is 9.99. The Hall–Kier alpha value is -2.22. The van der Waals surface area contributed by atoms with Crippen LogP contribution in [0.3, 0.4) is 0 Å². The van der Waals surface area contributed by atoms with Crippen LogP contribution in [-0.2, 0) is 11.2 Å². The number of rotatable bonds is 5. The van der Waals surface area contributed by atoms with Crippen LogP contribution in [0.5, 0.6) is 0 Å². The monoisotopic (exact) mass is 433 g/mol. The summed E-state index contributed by atoms with van der Waals surface area (Å²) in [7, 11) is 1.92. The third-order valence-corrected chi connectivity index (χ3v) is 5.54. The van der Waals surface area contributed by atoms with Gasteiger partial charge < -0.3 is 16.0 Å². The van der Waals surface area contributed by atoms with Crippen molar-refractivity contribution >= 4 is 23.5 Å². The first-order chi connectivity index (χ1) is 14.3. The van der Waals surface area contributed by atoms with Crippen LogP contribution in [0.1, 0.15) is 48.1 Å². The lowest BCUT2D eigenvalue weighted by atomic mass is 9.77. The van der Waals surface area contributed by atoms with Gasteiger partial charge in [0, 0.05) is 18.7 Å². The fourth-order valence-electron chi connectivity index (χ4n) is 3.99. The van der Waals surface area contributed by atoms with Gasteiger partial charge in [-0.2, -0.15) is 0 Å². The van der Waals surface area contributed by atoms with Gasteiger partial charge in [-0.1, -0.05) is 36.0 Å². The molecule has 30 heavy (non-hydrogen) atoms. The number of fused-ring (bicyclic) bond motifs is 1. The largest absolute Gasteiger partial charge is 0.330 e. The van der Waals surface area contributed by atoms with Gasteiger partial charge in [0.1, 0.15) is 22.9 Å². The van der Waals surface area contributed by atoms with Gasteiger partial charge in [-0.05, 0) is 68.8 Å². The third-order valence-electron chi connectivity index (χ3n) is 5.21. The van der Waals surface area contributed by atoms with E-state index in [1.54, 1.807) is 0 Å². The molecule has 3 rings (SSSR count). The van der Waals surface area contributed by atoms with Crippen LogP contribution in [-0.4, -0.2) is 29.9 Å². The molecule has 7 heteroatoms. The molecule has 0 aliphatic heterocycles. The number of nitrogens with two attached hydrogens (primary N) is 1. The Balaban J connectivity index is 0.00000101. The lowest BCUT2D eigenvalue weighted by molar-refractivity contribution is -0.106. The lowest BCUT2D eigenvalue weighted by Crippen LogP contribution is -2.45. The van der Waals surface area contributed by atoms with Crippen LogP contribution < -0.4 is 11.2 Å². The van der Waals surface area contributed by atoms with Gasteiger partial charge in [-0.15, -0.1) is 0 Å². The fourth-order valence-corrected chi connectivity index (χ4v) is 4.25. The number of thiocarbonyl (C=S) groups is 1. The van der Waals surface area contributed by atoms with E-state index in [-0.39, 0.29) is 6.04 Å². The van der Waals surface area contributed by atoms with E-state index < -0.39 is 11.6 Å². The first kappa shape index (κ1) is 24.1. The number of nitrogens with zero attached hydrogens (tertiary/aromatic N) is 1. The van der Waals surface area contributed by atoms with Gasteiger partial charge in [0.25, 0.3) is 0 Å². The van der Waals surface area contributed by atoms with E-state index in [1.165, 1.54) is 35.7 Å². The summed E-state index contributed by atoms with van der Waals surface area (Å²) in [6.45, 7) is 4.15. The first-order valence-corrected chi connectivity index (χ1v) is 10.4. The fraction of sp³-hybridized carbons (Fsp3) is 0.391. The van der Waals surface area contributed by atoms with Crippen molar-refractivity contribution < 1.29 is 13.6 Å². The van der Waals surface area contributed by atoms with Crippen LogP contribution >= 0.6 is 12.2 Å². The van der Waals surface area contributed by atoms with E-state index in [0.717, 1.165) is 31.6 Å². The molecule has 0 aromatic heterocycles. The Kier molecular flexibility index (Phi) is 9.02. The maximum atomic E-state index is 13.5. The summed E-state index contributed by atoms with van der Waals surface area (Å²) in [4.78, 5) is 9.10. The van der Waals surface area contributed by atoms with E-state index in [0.29, 0.717) is 23.0 Å². The second-order valence-electron chi connectivity index (χ2n) is 7.47. The van der Waals surface area contributed by atoms with Gasteiger partial charge in [-0.25, -0.2) is 13.8 Å². The van der Waals surface area contributed by atoms with Crippen molar-refractivity contribution in [3.05, 3.63) is 70.3 Å². The SMILES string of the molecule is CC=O.Cc1ccc2c(c1)C(N(C)NC(=S)c1cc(F)cc(F)c1)C(CCN)CC2. The molecular weight excluding hydrogens is 404 g/mol. The van der Waals surface area contributed by atoms with E-state index in [9.17, 15) is 8.78 Å². The minimum atomic E-state index is -0.642. The molecule has 1 aliphatic carbocycles. The Morgan fingerprint density at radius 3 is 2.50 bits per heavy atom. The number of aryl methyl sites for hydroxylation is 2. The van der Waals surface area contributed by atoms with Crippen LogP contribution in [0.2, 0.25) is 0 Å². The molecule has 0 saturated heterocycles. The molecule has 0 saturated carbocycles. The van der Waals surface area contributed by atoms with Crippen molar-refractivity contribution in [2.24, 2.45) is 11.7 Å². The van der Waals surface area contributed by atoms with Crippen molar-refractivity contribution in [2.45, 2.75) is 39.2 Å². The maximum absolute atomic E-state index is 13.5. The number of benzene rings is 2. The zero-order chi connectivity index (χ0) is 22.3. The Labute approximate surface area is 182 Å². The molecule has 0 spiro atoms. The van der Waals surface area contributed by atoms with Gasteiger partial charge in [0.2, 0.25) is 0 Å². The summed E-state index contributed by atoms with van der Waals surface area (Å²) in [5, 5.41) is 1.96. The van der Waals surface area contributed by atoms with E-state index in [1.807, 2.05) is 12.1 Å². The molecule has 2 unspecified atom stereocenters. The smallest absolute Gasteiger partial charge is 0.126 e. The van der Waals surface area contributed by atoms with E-state index in [4.69, 9.17) is 22.7 Å². The molecule has 2 atom stereocenters. The minimum absolute atomic E-state index is 0.0913. The van der Waals surface area contributed by atoms with Gasteiger partial charge in [0.05, 0.1) is 6.04 Å². The van der Waals surface area contributed by atoms with Gasteiger partial charge in [-0.3, -0.25) is 0 Å². The molecule has 0 bridgehead atoms. The molecule has 162 valence electrons. The molecule has 0 amide bonds. The second-order valence-corrected chi connectivity index (χ2v) is 7.88. The number of carbonyl (C=O) groups excluding carboxylic acids is 1. The number of hydrazine groups is 1. The zero-order valence-electron chi connectivity index (χ0n) is 17.6. The predicted octanol–water partition coefficient (Wildman–Crippen LogP) is 4.24. The molecular formula is C23H29F2N3OS. The Bertz CT molecular complexity index is 870. The number of halogens is 2. The molecule has 0 radical (unpaired) electrons. The van der Waals surface area contributed by atoms with Gasteiger partial charge >= 0.3 is 0 Å². The number of nitrogens with one attached hydrogen (secondary N) is 1. The highest BCUT2D eigenvalue weighted by Crippen LogP contribution is 2.39. The van der Waals surface area contributed by atoms with Crippen LogP contribution in [0.15, 0.2) is 36.4 Å². The number of hydrogen-bond donors (Lipinski definition) is 2. The average Bonchev–Trinajstić information content (AvgIpc) is 2.67. The summed E-state index contributed by atoms with van der Waals surface area (Å²) >= 11 is 5.40. The molecule has 0 fully saturated rings. The van der Waals surface area contributed by atoms with Crippen LogP contribution in [0, 0.1) is 24.5 Å². The molecule has 2 aromatic rings.